The summed E-state index contributed by atoms with van der Waals surface area (Å²) in [5.74, 6) is -0.237. The molecule has 6 rings (SSSR count). The van der Waals surface area contributed by atoms with Crippen LogP contribution < -0.4 is 5.32 Å². The van der Waals surface area contributed by atoms with Crippen LogP contribution in [0.25, 0.3) is 43.5 Å². The fraction of sp³-hybridized carbons (Fsp3) is 0.0400. The summed E-state index contributed by atoms with van der Waals surface area (Å²) in [6, 6.07) is 21.2. The molecule has 7 heteroatoms. The van der Waals surface area contributed by atoms with Gasteiger partial charge in [-0.15, -0.1) is 10.2 Å². The van der Waals surface area contributed by atoms with E-state index < -0.39 is 0 Å². The third-order valence-electron chi connectivity index (χ3n) is 5.63. The number of hydrogen-bond donors (Lipinski definition) is 3. The van der Waals surface area contributed by atoms with Gasteiger partial charge in [0.1, 0.15) is 10.8 Å². The minimum absolute atomic E-state index is 0.237. The van der Waals surface area contributed by atoms with Crippen molar-refractivity contribution < 1.29 is 4.39 Å². The number of halogens is 1. The molecule has 0 fully saturated rings. The smallest absolute Gasteiger partial charge is 0.206 e. The minimum atomic E-state index is -0.237. The molecule has 5 nitrogen and oxygen atoms in total. The zero-order valence-corrected chi connectivity index (χ0v) is 17.7. The molecular formula is C25H18FN5S. The fourth-order valence-corrected chi connectivity index (χ4v) is 4.78. The van der Waals surface area contributed by atoms with Gasteiger partial charge in [-0.25, -0.2) is 4.39 Å². The van der Waals surface area contributed by atoms with Crippen LogP contribution in [-0.4, -0.2) is 20.2 Å². The number of anilines is 1. The van der Waals surface area contributed by atoms with Crippen LogP contribution in [0.1, 0.15) is 5.56 Å². The highest BCUT2D eigenvalue weighted by Gasteiger charge is 2.13. The fourth-order valence-electron chi connectivity index (χ4n) is 4.04. The van der Waals surface area contributed by atoms with Crippen LogP contribution >= 0.6 is 11.3 Å². The highest BCUT2D eigenvalue weighted by Crippen LogP contribution is 2.35. The normalized spacial score (nSPS) is 11.4. The number of nitrogens with zero attached hydrogens (tertiary/aromatic N) is 2. The number of benzene rings is 3. The average molecular weight is 440 g/mol. The predicted octanol–water partition coefficient (Wildman–Crippen LogP) is 6.59. The molecule has 32 heavy (non-hydrogen) atoms. The van der Waals surface area contributed by atoms with Crippen LogP contribution in [0.3, 0.4) is 0 Å². The molecule has 0 bridgehead atoms. The number of hydrogen-bond acceptors (Lipinski definition) is 4. The van der Waals surface area contributed by atoms with E-state index >= 15 is 0 Å². The van der Waals surface area contributed by atoms with E-state index in [9.17, 15) is 4.39 Å². The number of nitrogens with one attached hydrogen (secondary N) is 3. The topological polar surface area (TPSA) is 69.4 Å². The highest BCUT2D eigenvalue weighted by atomic mass is 32.1. The molecule has 0 radical (unpaired) electrons. The molecule has 0 amide bonds. The predicted molar refractivity (Wildman–Crippen MR) is 128 cm³/mol. The quantitative estimate of drug-likeness (QED) is 0.284. The van der Waals surface area contributed by atoms with Gasteiger partial charge in [-0.1, -0.05) is 41.7 Å². The van der Waals surface area contributed by atoms with Gasteiger partial charge in [0.15, 0.2) is 0 Å². The summed E-state index contributed by atoms with van der Waals surface area (Å²) in [4.78, 5) is 6.47. The number of aromatic amines is 2. The Morgan fingerprint density at radius 1 is 0.844 bits per heavy atom. The molecule has 0 spiro atoms. The molecule has 0 aliphatic rings. The molecule has 0 unspecified atom stereocenters. The Morgan fingerprint density at radius 2 is 1.75 bits per heavy atom. The first-order valence-corrected chi connectivity index (χ1v) is 11.1. The Kier molecular flexibility index (Phi) is 4.47. The number of H-pyrrole nitrogens is 2. The summed E-state index contributed by atoms with van der Waals surface area (Å²) in [7, 11) is 0. The Morgan fingerprint density at radius 3 is 2.69 bits per heavy atom. The summed E-state index contributed by atoms with van der Waals surface area (Å²) in [5.41, 5.74) is 5.63. The molecule has 0 atom stereocenters. The monoisotopic (exact) mass is 439 g/mol. The number of fused-ring (bicyclic) bond motifs is 2. The van der Waals surface area contributed by atoms with Gasteiger partial charge in [-0.2, -0.15) is 0 Å². The van der Waals surface area contributed by atoms with Gasteiger partial charge in [-0.3, -0.25) is 0 Å². The zero-order chi connectivity index (χ0) is 21.5. The second-order valence-electron chi connectivity index (χ2n) is 7.56. The van der Waals surface area contributed by atoms with Crippen molar-refractivity contribution >= 4 is 38.3 Å². The lowest BCUT2D eigenvalue weighted by Crippen LogP contribution is -1.99. The Labute approximate surface area is 187 Å². The number of aromatic nitrogens is 4. The lowest BCUT2D eigenvalue weighted by atomic mass is 10.0. The van der Waals surface area contributed by atoms with Crippen molar-refractivity contribution in [2.75, 3.05) is 5.32 Å². The summed E-state index contributed by atoms with van der Waals surface area (Å²) in [6.07, 6.45) is 3.80. The van der Waals surface area contributed by atoms with Crippen molar-refractivity contribution in [3.8, 4) is 21.7 Å². The standard InChI is InChI=1S/C25H18FN5S/c26-21-6-2-1-5-18(21)20-14-28-23-9-8-15(12-19(20)23)24-30-31-25(32-24)29-13-16-4-3-7-22-17(16)10-11-27-22/h1-12,14,27-28H,13H2,(H,29,31). The van der Waals surface area contributed by atoms with Crippen LogP contribution in [-0.2, 0) is 6.54 Å². The van der Waals surface area contributed by atoms with Crippen LogP contribution in [0.2, 0.25) is 0 Å². The summed E-state index contributed by atoms with van der Waals surface area (Å²) >= 11 is 1.50. The first-order valence-electron chi connectivity index (χ1n) is 10.2. The van der Waals surface area contributed by atoms with E-state index in [0.29, 0.717) is 12.1 Å². The molecule has 0 saturated heterocycles. The largest absolute Gasteiger partial charge is 0.361 e. The minimum Gasteiger partial charge on any atom is -0.361 e. The van der Waals surface area contributed by atoms with Crippen molar-refractivity contribution in [3.63, 3.8) is 0 Å². The van der Waals surface area contributed by atoms with Crippen molar-refractivity contribution in [2.24, 2.45) is 0 Å². The molecule has 6 aromatic rings. The van der Waals surface area contributed by atoms with Gasteiger partial charge >= 0.3 is 0 Å². The summed E-state index contributed by atoms with van der Waals surface area (Å²) in [6.45, 7) is 0.665. The lowest BCUT2D eigenvalue weighted by Gasteiger charge is -2.04. The van der Waals surface area contributed by atoms with Crippen molar-refractivity contribution in [2.45, 2.75) is 6.54 Å². The molecule has 3 aromatic carbocycles. The molecule has 3 aromatic heterocycles. The SMILES string of the molecule is Fc1ccccc1-c1c[nH]c2ccc(-c3nnc(NCc4cccc5[nH]ccc45)s3)cc12. The van der Waals surface area contributed by atoms with Gasteiger partial charge in [0, 0.05) is 57.4 Å². The maximum absolute atomic E-state index is 14.4. The Hall–Kier alpha value is -3.97. The molecular weight excluding hydrogens is 421 g/mol. The van der Waals surface area contributed by atoms with E-state index in [0.717, 1.165) is 37.7 Å². The van der Waals surface area contributed by atoms with Crippen molar-refractivity contribution in [1.29, 1.82) is 0 Å². The maximum atomic E-state index is 14.4. The third-order valence-corrected chi connectivity index (χ3v) is 6.56. The molecule has 3 N–H and O–H groups in total. The van der Waals surface area contributed by atoms with E-state index in [-0.39, 0.29) is 5.82 Å². The zero-order valence-electron chi connectivity index (χ0n) is 16.9. The van der Waals surface area contributed by atoms with Crippen LogP contribution in [0.5, 0.6) is 0 Å². The summed E-state index contributed by atoms with van der Waals surface area (Å²) in [5, 5.41) is 15.8. The first kappa shape index (κ1) is 18.8. The van der Waals surface area contributed by atoms with Crippen molar-refractivity contribution in [3.05, 3.63) is 90.5 Å². The molecule has 0 aliphatic carbocycles. The average Bonchev–Trinajstić information content (AvgIpc) is 3.57. The van der Waals surface area contributed by atoms with E-state index in [1.807, 2.05) is 42.7 Å². The highest BCUT2D eigenvalue weighted by molar-refractivity contribution is 7.18. The molecule has 0 saturated carbocycles. The summed E-state index contributed by atoms with van der Waals surface area (Å²) < 4.78 is 14.4. The van der Waals surface area contributed by atoms with Gasteiger partial charge < -0.3 is 15.3 Å². The van der Waals surface area contributed by atoms with E-state index in [1.54, 1.807) is 12.1 Å². The second-order valence-corrected chi connectivity index (χ2v) is 8.54. The van der Waals surface area contributed by atoms with Gasteiger partial charge in [0.2, 0.25) is 5.13 Å². The van der Waals surface area contributed by atoms with E-state index in [1.165, 1.54) is 28.4 Å². The second kappa shape index (κ2) is 7.62. The lowest BCUT2D eigenvalue weighted by molar-refractivity contribution is 0.631. The number of rotatable bonds is 5. The third kappa shape index (κ3) is 3.23. The van der Waals surface area contributed by atoms with Gasteiger partial charge in [0.25, 0.3) is 0 Å². The Balaban J connectivity index is 1.29. The van der Waals surface area contributed by atoms with Gasteiger partial charge in [0.05, 0.1) is 0 Å². The first-order chi connectivity index (χ1) is 15.8. The Bertz CT molecular complexity index is 1560. The van der Waals surface area contributed by atoms with Gasteiger partial charge in [-0.05, 0) is 42.0 Å². The van der Waals surface area contributed by atoms with Crippen molar-refractivity contribution in [1.82, 2.24) is 20.2 Å². The van der Waals surface area contributed by atoms with E-state index in [4.69, 9.17) is 0 Å². The molecule has 0 aliphatic heterocycles. The van der Waals surface area contributed by atoms with E-state index in [2.05, 4.69) is 43.7 Å². The molecule has 156 valence electrons. The van der Waals surface area contributed by atoms with Crippen LogP contribution in [0.4, 0.5) is 9.52 Å². The van der Waals surface area contributed by atoms with Crippen LogP contribution in [0.15, 0.2) is 79.1 Å². The molecule has 3 heterocycles. The van der Waals surface area contributed by atoms with Crippen LogP contribution in [0, 0.1) is 5.82 Å². The maximum Gasteiger partial charge on any atom is 0.206 e.